The van der Waals surface area contributed by atoms with Crippen molar-refractivity contribution >= 4 is 17.9 Å². The molecule has 0 aliphatic rings. The van der Waals surface area contributed by atoms with Crippen LogP contribution in [-0.4, -0.2) is 37.2 Å². The summed E-state index contributed by atoms with van der Waals surface area (Å²) in [6.07, 6.45) is 72.8. The Labute approximate surface area is 442 Å². The molecule has 0 aromatic rings. The molecule has 0 amide bonds. The highest BCUT2D eigenvalue weighted by atomic mass is 16.6. The molecule has 0 radical (unpaired) electrons. The minimum Gasteiger partial charge on any atom is -0.462 e. The summed E-state index contributed by atoms with van der Waals surface area (Å²) in [5.74, 6) is -0.862. The van der Waals surface area contributed by atoms with E-state index in [1.165, 1.54) is 231 Å². The van der Waals surface area contributed by atoms with Crippen LogP contribution in [0.3, 0.4) is 0 Å². The summed E-state index contributed by atoms with van der Waals surface area (Å²) in [6, 6.07) is 0. The maximum absolute atomic E-state index is 12.9. The molecular formula is C65H120O6. The summed E-state index contributed by atoms with van der Waals surface area (Å²) in [5.41, 5.74) is 0. The minimum atomic E-state index is -0.775. The van der Waals surface area contributed by atoms with Crippen LogP contribution in [0, 0.1) is 0 Å². The molecule has 71 heavy (non-hydrogen) atoms. The Morgan fingerprint density at radius 2 is 0.507 bits per heavy atom. The zero-order valence-corrected chi connectivity index (χ0v) is 47.8. The van der Waals surface area contributed by atoms with Gasteiger partial charge in [-0.3, -0.25) is 14.4 Å². The van der Waals surface area contributed by atoms with Crippen LogP contribution >= 0.6 is 0 Å². The fraction of sp³-hybridized carbons (Fsp3) is 0.862. The average molecular weight is 998 g/mol. The molecule has 0 unspecified atom stereocenters. The van der Waals surface area contributed by atoms with Crippen molar-refractivity contribution in [2.24, 2.45) is 0 Å². The van der Waals surface area contributed by atoms with Gasteiger partial charge in [0.15, 0.2) is 6.10 Å². The zero-order valence-electron chi connectivity index (χ0n) is 47.8. The molecule has 0 aromatic heterocycles. The Bertz CT molecular complexity index is 1190. The molecule has 0 spiro atoms. The summed E-state index contributed by atoms with van der Waals surface area (Å²) in [6.45, 7) is 6.65. The van der Waals surface area contributed by atoms with Gasteiger partial charge < -0.3 is 14.2 Å². The third-order valence-corrected chi connectivity index (χ3v) is 14.1. The molecule has 0 saturated heterocycles. The Morgan fingerprint density at radius 3 is 0.831 bits per heavy atom. The van der Waals surface area contributed by atoms with E-state index in [0.717, 1.165) is 70.6 Å². The Morgan fingerprint density at radius 1 is 0.282 bits per heavy atom. The molecule has 0 aliphatic carbocycles. The number of carbonyl (C=O) groups excluding carboxylic acids is 3. The van der Waals surface area contributed by atoms with E-state index in [1.54, 1.807) is 0 Å². The average Bonchev–Trinajstić information content (AvgIpc) is 3.37. The van der Waals surface area contributed by atoms with E-state index >= 15 is 0 Å². The van der Waals surface area contributed by atoms with Crippen molar-refractivity contribution in [3.05, 3.63) is 36.5 Å². The van der Waals surface area contributed by atoms with Crippen molar-refractivity contribution in [1.29, 1.82) is 0 Å². The molecule has 0 fully saturated rings. The summed E-state index contributed by atoms with van der Waals surface area (Å²) < 4.78 is 16.9. The second kappa shape index (κ2) is 60.2. The van der Waals surface area contributed by atoms with Gasteiger partial charge in [-0.1, -0.05) is 282 Å². The second-order valence-corrected chi connectivity index (χ2v) is 21.3. The number of ether oxygens (including phenoxy) is 3. The smallest absolute Gasteiger partial charge is 0.306 e. The number of allylic oxidation sites excluding steroid dienone is 6. The van der Waals surface area contributed by atoms with Gasteiger partial charge in [0.2, 0.25) is 0 Å². The van der Waals surface area contributed by atoms with E-state index in [1.807, 2.05) is 0 Å². The molecule has 0 heterocycles. The first-order chi connectivity index (χ1) is 35.0. The Hall–Kier alpha value is -2.37. The molecule has 0 N–H and O–H groups in total. The Balaban J connectivity index is 4.32. The number of hydrogen-bond donors (Lipinski definition) is 0. The largest absolute Gasteiger partial charge is 0.462 e. The topological polar surface area (TPSA) is 78.9 Å². The molecule has 0 aromatic carbocycles. The summed E-state index contributed by atoms with van der Waals surface area (Å²) in [4.78, 5) is 38.3. The molecule has 0 bridgehead atoms. The van der Waals surface area contributed by atoms with Crippen LogP contribution in [0.5, 0.6) is 0 Å². The molecule has 416 valence electrons. The van der Waals surface area contributed by atoms with Gasteiger partial charge in [-0.2, -0.15) is 0 Å². The van der Waals surface area contributed by atoms with Crippen LogP contribution in [-0.2, 0) is 28.6 Å². The van der Waals surface area contributed by atoms with Gasteiger partial charge in [0.25, 0.3) is 0 Å². The molecule has 1 atom stereocenters. The van der Waals surface area contributed by atoms with Crippen LogP contribution in [0.4, 0.5) is 0 Å². The normalized spacial score (nSPS) is 12.2. The van der Waals surface area contributed by atoms with Crippen LogP contribution < -0.4 is 0 Å². The lowest BCUT2D eigenvalue weighted by Gasteiger charge is -2.18. The zero-order chi connectivity index (χ0) is 51.4. The maximum atomic E-state index is 12.9. The predicted octanol–water partition coefficient (Wildman–Crippen LogP) is 21.2. The van der Waals surface area contributed by atoms with E-state index in [9.17, 15) is 14.4 Å². The molecule has 6 heteroatoms. The SMILES string of the molecule is CCCCC/C=C\C/C=C\CCCCCCCCCC(=O)OC[C@H](COC(=O)CCCCCCCCC/C=C\CCCCCC)OC(=O)CCCCCCCCCCCCCCCCCCCCCCC. The third kappa shape index (κ3) is 58.4. The fourth-order valence-corrected chi connectivity index (χ4v) is 9.35. The lowest BCUT2D eigenvalue weighted by atomic mass is 10.0. The van der Waals surface area contributed by atoms with Gasteiger partial charge in [0, 0.05) is 19.3 Å². The molecule has 6 nitrogen and oxygen atoms in total. The highest BCUT2D eigenvalue weighted by molar-refractivity contribution is 5.71. The first-order valence-corrected chi connectivity index (χ1v) is 31.5. The maximum Gasteiger partial charge on any atom is 0.306 e. The summed E-state index contributed by atoms with van der Waals surface area (Å²) in [5, 5.41) is 0. The van der Waals surface area contributed by atoms with Crippen LogP contribution in [0.1, 0.15) is 342 Å². The second-order valence-electron chi connectivity index (χ2n) is 21.3. The number of rotatable bonds is 58. The summed E-state index contributed by atoms with van der Waals surface area (Å²) >= 11 is 0. The third-order valence-electron chi connectivity index (χ3n) is 14.1. The van der Waals surface area contributed by atoms with E-state index in [-0.39, 0.29) is 31.1 Å². The number of esters is 3. The van der Waals surface area contributed by atoms with Crippen molar-refractivity contribution in [2.75, 3.05) is 13.2 Å². The Kier molecular flexibility index (Phi) is 58.2. The molecule has 0 rings (SSSR count). The standard InChI is InChI=1S/C65H120O6/c1-4-7-10-13-16-19-22-25-28-30-31-32-33-35-38-41-44-47-50-53-56-59-65(68)71-62(60-69-63(66)57-54-51-48-45-42-39-36-27-24-21-18-15-12-9-6-3)61-70-64(67)58-55-52-49-46-43-40-37-34-29-26-23-20-17-14-11-8-5-2/h17,20-21,24,26,29,62H,4-16,18-19,22-23,25,27-28,30-61H2,1-3H3/b20-17-,24-21-,29-26-/t62-/m0/s1. The number of unbranched alkanes of at least 4 members (excludes halogenated alkanes) is 41. The van der Waals surface area contributed by atoms with Crippen molar-refractivity contribution < 1.29 is 28.6 Å². The lowest BCUT2D eigenvalue weighted by molar-refractivity contribution is -0.167. The molecular weight excluding hydrogens is 877 g/mol. The van der Waals surface area contributed by atoms with Gasteiger partial charge in [-0.25, -0.2) is 0 Å². The van der Waals surface area contributed by atoms with Crippen molar-refractivity contribution in [2.45, 2.75) is 348 Å². The van der Waals surface area contributed by atoms with Gasteiger partial charge in [-0.15, -0.1) is 0 Å². The summed E-state index contributed by atoms with van der Waals surface area (Å²) in [7, 11) is 0. The van der Waals surface area contributed by atoms with Crippen molar-refractivity contribution in [3.8, 4) is 0 Å². The lowest BCUT2D eigenvalue weighted by Crippen LogP contribution is -2.30. The highest BCUT2D eigenvalue weighted by Crippen LogP contribution is 2.17. The van der Waals surface area contributed by atoms with Crippen molar-refractivity contribution in [1.82, 2.24) is 0 Å². The number of carbonyl (C=O) groups is 3. The van der Waals surface area contributed by atoms with E-state index in [4.69, 9.17) is 14.2 Å². The van der Waals surface area contributed by atoms with Crippen LogP contribution in [0.2, 0.25) is 0 Å². The van der Waals surface area contributed by atoms with Gasteiger partial charge >= 0.3 is 17.9 Å². The minimum absolute atomic E-state index is 0.0731. The monoisotopic (exact) mass is 997 g/mol. The van der Waals surface area contributed by atoms with E-state index < -0.39 is 6.10 Å². The van der Waals surface area contributed by atoms with Gasteiger partial charge in [-0.05, 0) is 77.0 Å². The fourth-order valence-electron chi connectivity index (χ4n) is 9.35. The van der Waals surface area contributed by atoms with E-state index in [2.05, 4.69) is 57.2 Å². The molecule has 0 aliphatic heterocycles. The number of hydrogen-bond acceptors (Lipinski definition) is 6. The first kappa shape index (κ1) is 68.6. The van der Waals surface area contributed by atoms with Crippen LogP contribution in [0.25, 0.3) is 0 Å². The first-order valence-electron chi connectivity index (χ1n) is 31.5. The predicted molar refractivity (Wildman–Crippen MR) is 307 cm³/mol. The van der Waals surface area contributed by atoms with Gasteiger partial charge in [0.1, 0.15) is 13.2 Å². The highest BCUT2D eigenvalue weighted by Gasteiger charge is 2.19. The van der Waals surface area contributed by atoms with E-state index in [0.29, 0.717) is 19.3 Å². The molecule has 0 saturated carbocycles. The quantitative estimate of drug-likeness (QED) is 0.0261. The van der Waals surface area contributed by atoms with Crippen molar-refractivity contribution in [3.63, 3.8) is 0 Å². The van der Waals surface area contributed by atoms with Gasteiger partial charge in [0.05, 0.1) is 0 Å². The van der Waals surface area contributed by atoms with Crippen LogP contribution in [0.15, 0.2) is 36.5 Å².